The molecule has 0 saturated carbocycles. The lowest BCUT2D eigenvalue weighted by molar-refractivity contribution is 0.0950. The first-order chi connectivity index (χ1) is 10.0. The van der Waals surface area contributed by atoms with Gasteiger partial charge in [-0.05, 0) is 29.8 Å². The quantitative estimate of drug-likeness (QED) is 0.859. The summed E-state index contributed by atoms with van der Waals surface area (Å²) in [5.74, 6) is -0.421. The highest BCUT2D eigenvalue weighted by molar-refractivity contribution is 6.36. The fourth-order valence-corrected chi connectivity index (χ4v) is 2.19. The molecule has 1 N–H and O–H groups in total. The van der Waals surface area contributed by atoms with E-state index in [9.17, 15) is 9.18 Å². The normalized spacial score (nSPS) is 10.3. The topological polar surface area (TPSA) is 38.3 Å². The average Bonchev–Trinajstić information content (AvgIpc) is 2.49. The molecule has 0 saturated heterocycles. The first-order valence-corrected chi connectivity index (χ1v) is 6.82. The molecule has 6 heteroatoms. The molecule has 0 atom stereocenters. The molecule has 0 bridgehead atoms. The second kappa shape index (κ2) is 6.78. The van der Waals surface area contributed by atoms with Crippen molar-refractivity contribution in [2.75, 3.05) is 7.11 Å². The minimum Gasteiger partial charge on any atom is -0.497 e. The Hall–Kier alpha value is -1.78. The molecule has 0 spiro atoms. The van der Waals surface area contributed by atoms with Crippen LogP contribution in [-0.2, 0) is 6.54 Å². The lowest BCUT2D eigenvalue weighted by Gasteiger charge is -2.08. The van der Waals surface area contributed by atoms with Crippen molar-refractivity contribution in [3.8, 4) is 5.75 Å². The van der Waals surface area contributed by atoms with Gasteiger partial charge in [0.25, 0.3) is 5.91 Å². The summed E-state index contributed by atoms with van der Waals surface area (Å²) in [7, 11) is 1.58. The molecule has 0 aliphatic carbocycles. The van der Waals surface area contributed by atoms with Crippen molar-refractivity contribution in [2.24, 2.45) is 0 Å². The van der Waals surface area contributed by atoms with E-state index in [1.807, 2.05) is 12.1 Å². The highest BCUT2D eigenvalue weighted by atomic mass is 35.5. The van der Waals surface area contributed by atoms with E-state index in [0.717, 1.165) is 17.4 Å². The van der Waals surface area contributed by atoms with Crippen LogP contribution in [0.5, 0.6) is 5.75 Å². The second-order valence-electron chi connectivity index (χ2n) is 4.28. The standard InChI is InChI=1S/C15H12Cl2FNO2/c1-21-10-4-2-9(3-5-10)8-19-15(20)11-6-14(18)13(17)7-12(11)16/h2-7H,8H2,1H3,(H,19,20). The summed E-state index contributed by atoms with van der Waals surface area (Å²) in [6.45, 7) is 0.295. The Morgan fingerprint density at radius 2 is 1.86 bits per heavy atom. The molecule has 2 rings (SSSR count). The van der Waals surface area contributed by atoms with Crippen LogP contribution in [-0.4, -0.2) is 13.0 Å². The van der Waals surface area contributed by atoms with Gasteiger partial charge in [0.05, 0.1) is 22.7 Å². The van der Waals surface area contributed by atoms with E-state index < -0.39 is 11.7 Å². The fraction of sp³-hybridized carbons (Fsp3) is 0.133. The predicted molar refractivity (Wildman–Crippen MR) is 80.6 cm³/mol. The van der Waals surface area contributed by atoms with Crippen LogP contribution in [0.3, 0.4) is 0 Å². The summed E-state index contributed by atoms with van der Waals surface area (Å²) in [6.07, 6.45) is 0. The van der Waals surface area contributed by atoms with E-state index in [2.05, 4.69) is 5.32 Å². The van der Waals surface area contributed by atoms with Crippen LogP contribution in [0.25, 0.3) is 0 Å². The Kier molecular flexibility index (Phi) is 5.04. The SMILES string of the molecule is COc1ccc(CNC(=O)c2cc(F)c(Cl)cc2Cl)cc1. The third kappa shape index (κ3) is 3.86. The number of hydrogen-bond acceptors (Lipinski definition) is 2. The summed E-state index contributed by atoms with van der Waals surface area (Å²) in [4.78, 5) is 12.0. The van der Waals surface area contributed by atoms with Crippen molar-refractivity contribution in [1.29, 1.82) is 0 Å². The van der Waals surface area contributed by atoms with Crippen molar-refractivity contribution in [3.63, 3.8) is 0 Å². The van der Waals surface area contributed by atoms with Gasteiger partial charge in [0.15, 0.2) is 0 Å². The first kappa shape index (κ1) is 15.6. The van der Waals surface area contributed by atoms with E-state index in [-0.39, 0.29) is 15.6 Å². The molecule has 0 aliphatic rings. The van der Waals surface area contributed by atoms with Gasteiger partial charge in [0.1, 0.15) is 11.6 Å². The van der Waals surface area contributed by atoms with Crippen LogP contribution < -0.4 is 10.1 Å². The van der Waals surface area contributed by atoms with Gasteiger partial charge in [-0.2, -0.15) is 0 Å². The van der Waals surface area contributed by atoms with Crippen LogP contribution in [0, 0.1) is 5.82 Å². The summed E-state index contributed by atoms with van der Waals surface area (Å²) in [5.41, 5.74) is 0.932. The molecule has 21 heavy (non-hydrogen) atoms. The summed E-state index contributed by atoms with van der Waals surface area (Å²) in [5, 5.41) is 2.65. The van der Waals surface area contributed by atoms with Crippen LogP contribution >= 0.6 is 23.2 Å². The third-order valence-corrected chi connectivity index (χ3v) is 3.47. The van der Waals surface area contributed by atoms with Crippen LogP contribution in [0.1, 0.15) is 15.9 Å². The van der Waals surface area contributed by atoms with Gasteiger partial charge in [-0.1, -0.05) is 35.3 Å². The predicted octanol–water partition coefficient (Wildman–Crippen LogP) is 4.07. The van der Waals surface area contributed by atoms with Gasteiger partial charge in [-0.15, -0.1) is 0 Å². The Bertz CT molecular complexity index is 659. The molecule has 0 unspecified atom stereocenters. The average molecular weight is 328 g/mol. The Morgan fingerprint density at radius 3 is 2.48 bits per heavy atom. The van der Waals surface area contributed by atoms with Crippen molar-refractivity contribution < 1.29 is 13.9 Å². The second-order valence-corrected chi connectivity index (χ2v) is 5.09. The molecule has 0 heterocycles. The zero-order valence-corrected chi connectivity index (χ0v) is 12.6. The minimum absolute atomic E-state index is 0.0482. The zero-order chi connectivity index (χ0) is 15.4. The summed E-state index contributed by atoms with van der Waals surface area (Å²) < 4.78 is 18.4. The van der Waals surface area contributed by atoms with Gasteiger partial charge < -0.3 is 10.1 Å². The maximum Gasteiger partial charge on any atom is 0.253 e. The maximum absolute atomic E-state index is 13.4. The molecule has 0 aromatic heterocycles. The number of halogens is 3. The summed E-state index contributed by atoms with van der Waals surface area (Å²) >= 11 is 11.5. The minimum atomic E-state index is -0.685. The number of carbonyl (C=O) groups is 1. The van der Waals surface area contributed by atoms with Gasteiger partial charge in [0.2, 0.25) is 0 Å². The largest absolute Gasteiger partial charge is 0.497 e. The van der Waals surface area contributed by atoms with Crippen LogP contribution in [0.4, 0.5) is 4.39 Å². The molecule has 2 aromatic carbocycles. The lowest BCUT2D eigenvalue weighted by Crippen LogP contribution is -2.23. The van der Waals surface area contributed by atoms with E-state index >= 15 is 0 Å². The number of nitrogens with one attached hydrogen (secondary N) is 1. The van der Waals surface area contributed by atoms with E-state index in [1.54, 1.807) is 19.2 Å². The fourth-order valence-electron chi connectivity index (χ4n) is 1.72. The maximum atomic E-state index is 13.4. The van der Waals surface area contributed by atoms with Gasteiger partial charge in [0, 0.05) is 6.54 Å². The number of hydrogen-bond donors (Lipinski definition) is 1. The highest BCUT2D eigenvalue weighted by Crippen LogP contribution is 2.24. The Balaban J connectivity index is 2.06. The van der Waals surface area contributed by atoms with Gasteiger partial charge in [-0.25, -0.2) is 4.39 Å². The van der Waals surface area contributed by atoms with Gasteiger partial charge >= 0.3 is 0 Å². The third-order valence-electron chi connectivity index (χ3n) is 2.87. The monoisotopic (exact) mass is 327 g/mol. The van der Waals surface area contributed by atoms with Crippen molar-refractivity contribution in [3.05, 3.63) is 63.4 Å². The van der Waals surface area contributed by atoms with Crippen LogP contribution in [0.15, 0.2) is 36.4 Å². The molecule has 0 radical (unpaired) electrons. The smallest absolute Gasteiger partial charge is 0.253 e. The Morgan fingerprint density at radius 1 is 1.19 bits per heavy atom. The number of benzene rings is 2. The molecular formula is C15H12Cl2FNO2. The molecule has 3 nitrogen and oxygen atoms in total. The number of carbonyl (C=O) groups excluding carboxylic acids is 1. The molecular weight excluding hydrogens is 316 g/mol. The van der Waals surface area contributed by atoms with Crippen LogP contribution in [0.2, 0.25) is 10.0 Å². The van der Waals surface area contributed by atoms with Crippen molar-refractivity contribution in [1.82, 2.24) is 5.32 Å². The molecule has 1 amide bonds. The molecule has 110 valence electrons. The number of methoxy groups -OCH3 is 1. The molecule has 0 aliphatic heterocycles. The number of ether oxygens (including phenoxy) is 1. The molecule has 2 aromatic rings. The van der Waals surface area contributed by atoms with Crippen molar-refractivity contribution in [2.45, 2.75) is 6.54 Å². The molecule has 0 fully saturated rings. The summed E-state index contributed by atoms with van der Waals surface area (Å²) in [6, 6.07) is 9.45. The first-order valence-electron chi connectivity index (χ1n) is 6.07. The Labute approximate surface area is 131 Å². The van der Waals surface area contributed by atoms with E-state index in [0.29, 0.717) is 6.54 Å². The number of rotatable bonds is 4. The lowest BCUT2D eigenvalue weighted by atomic mass is 10.2. The highest BCUT2D eigenvalue weighted by Gasteiger charge is 2.13. The zero-order valence-electron chi connectivity index (χ0n) is 11.1. The number of amides is 1. The van der Waals surface area contributed by atoms with Gasteiger partial charge in [-0.3, -0.25) is 4.79 Å². The van der Waals surface area contributed by atoms with E-state index in [4.69, 9.17) is 27.9 Å². The van der Waals surface area contributed by atoms with E-state index in [1.165, 1.54) is 6.07 Å². The van der Waals surface area contributed by atoms with Crippen molar-refractivity contribution >= 4 is 29.1 Å².